The summed E-state index contributed by atoms with van der Waals surface area (Å²) in [5.41, 5.74) is 0.539. The third-order valence-electron chi connectivity index (χ3n) is 5.17. The van der Waals surface area contributed by atoms with Crippen LogP contribution in [0.25, 0.3) is 0 Å². The van der Waals surface area contributed by atoms with E-state index in [0.717, 1.165) is 23.7 Å². The van der Waals surface area contributed by atoms with Crippen LogP contribution in [0.15, 0.2) is 46.3 Å². The van der Waals surface area contributed by atoms with E-state index in [4.69, 9.17) is 4.84 Å². The second-order valence-electron chi connectivity index (χ2n) is 7.21. The van der Waals surface area contributed by atoms with Crippen LogP contribution in [0.4, 0.5) is 5.69 Å². The highest BCUT2D eigenvalue weighted by atomic mass is 32.2. The van der Waals surface area contributed by atoms with Crippen molar-refractivity contribution in [2.45, 2.75) is 29.1 Å². The molecule has 1 saturated heterocycles. The highest BCUT2D eigenvalue weighted by Crippen LogP contribution is 2.23. The van der Waals surface area contributed by atoms with Crippen LogP contribution in [-0.4, -0.2) is 63.3 Å². The van der Waals surface area contributed by atoms with Crippen LogP contribution in [0.1, 0.15) is 29.8 Å². The number of amides is 1. The number of sulfonamides is 2. The molecule has 3 rings (SSSR count). The predicted octanol–water partition coefficient (Wildman–Crippen LogP) is 1.63. The first kappa shape index (κ1) is 23.4. The summed E-state index contributed by atoms with van der Waals surface area (Å²) in [6, 6.07) is 6.94. The first-order valence-electron chi connectivity index (χ1n) is 9.68. The van der Waals surface area contributed by atoms with Gasteiger partial charge in [0.15, 0.2) is 0 Å². The molecule has 0 spiro atoms. The molecule has 170 valence electrons. The standard InChI is InChI=1S/C19H26N4O6S2/c1-21-14-17(31(27,28)23-11-5-4-6-12-23)13-18(21)19(24)20-15-7-9-16(10-8-15)30(25,26)22(2)29-3/h7-10,13-14H,4-6,11-12H2,1-3H3,(H,20,24). The van der Waals surface area contributed by atoms with Crippen molar-refractivity contribution < 1.29 is 26.5 Å². The van der Waals surface area contributed by atoms with E-state index in [9.17, 15) is 21.6 Å². The quantitative estimate of drug-likeness (QED) is 0.615. The molecular formula is C19H26N4O6S2. The van der Waals surface area contributed by atoms with Gasteiger partial charge in [0, 0.05) is 39.1 Å². The zero-order chi connectivity index (χ0) is 22.8. The summed E-state index contributed by atoms with van der Waals surface area (Å²) in [6.07, 6.45) is 4.09. The number of rotatable bonds is 7. The van der Waals surface area contributed by atoms with E-state index in [-0.39, 0.29) is 15.5 Å². The van der Waals surface area contributed by atoms with Crippen molar-refractivity contribution in [3.05, 3.63) is 42.2 Å². The zero-order valence-electron chi connectivity index (χ0n) is 17.6. The van der Waals surface area contributed by atoms with Gasteiger partial charge in [-0.2, -0.15) is 4.31 Å². The maximum absolute atomic E-state index is 12.9. The summed E-state index contributed by atoms with van der Waals surface area (Å²) >= 11 is 0. The lowest BCUT2D eigenvalue weighted by atomic mass is 10.2. The van der Waals surface area contributed by atoms with Crippen molar-refractivity contribution in [2.75, 3.05) is 32.6 Å². The molecule has 31 heavy (non-hydrogen) atoms. The second-order valence-corrected chi connectivity index (χ2v) is 11.1. The third-order valence-corrected chi connectivity index (χ3v) is 8.73. The van der Waals surface area contributed by atoms with Crippen LogP contribution in [0.5, 0.6) is 0 Å². The van der Waals surface area contributed by atoms with E-state index < -0.39 is 26.0 Å². The van der Waals surface area contributed by atoms with Crippen LogP contribution >= 0.6 is 0 Å². The van der Waals surface area contributed by atoms with E-state index >= 15 is 0 Å². The van der Waals surface area contributed by atoms with Gasteiger partial charge in [-0.3, -0.25) is 9.63 Å². The van der Waals surface area contributed by atoms with Crippen molar-refractivity contribution in [1.82, 2.24) is 13.3 Å². The predicted molar refractivity (Wildman–Crippen MR) is 114 cm³/mol. The zero-order valence-corrected chi connectivity index (χ0v) is 19.2. The summed E-state index contributed by atoms with van der Waals surface area (Å²) in [5, 5.41) is 2.66. The lowest BCUT2D eigenvalue weighted by Crippen LogP contribution is -2.35. The molecule has 0 bridgehead atoms. The van der Waals surface area contributed by atoms with Gasteiger partial charge in [-0.05, 0) is 43.2 Å². The molecule has 0 radical (unpaired) electrons. The first-order chi connectivity index (χ1) is 14.6. The molecular weight excluding hydrogens is 444 g/mol. The molecule has 12 heteroatoms. The van der Waals surface area contributed by atoms with E-state index in [1.807, 2.05) is 0 Å². The number of piperidine rings is 1. The smallest absolute Gasteiger partial charge is 0.272 e. The molecule has 0 atom stereocenters. The maximum Gasteiger partial charge on any atom is 0.272 e. The minimum atomic E-state index is -3.79. The van der Waals surface area contributed by atoms with Crippen molar-refractivity contribution in [2.24, 2.45) is 7.05 Å². The molecule has 1 fully saturated rings. The van der Waals surface area contributed by atoms with Gasteiger partial charge in [-0.15, -0.1) is 0 Å². The van der Waals surface area contributed by atoms with Crippen LogP contribution in [-0.2, 0) is 31.9 Å². The lowest BCUT2D eigenvalue weighted by Gasteiger charge is -2.25. The second kappa shape index (κ2) is 9.09. The van der Waals surface area contributed by atoms with E-state index in [1.54, 1.807) is 7.05 Å². The van der Waals surface area contributed by atoms with Crippen molar-refractivity contribution >= 4 is 31.6 Å². The summed E-state index contributed by atoms with van der Waals surface area (Å²) in [6.45, 7) is 0.957. The van der Waals surface area contributed by atoms with Gasteiger partial charge in [0.25, 0.3) is 15.9 Å². The molecule has 1 aromatic carbocycles. The number of carbonyl (C=O) groups excluding carboxylic acids is 1. The Morgan fingerprint density at radius 3 is 2.23 bits per heavy atom. The summed E-state index contributed by atoms with van der Waals surface area (Å²) in [5.74, 6) is -0.507. The molecule has 1 aromatic heterocycles. The minimum absolute atomic E-state index is 0.00336. The normalized spacial score (nSPS) is 15.9. The Morgan fingerprint density at radius 2 is 1.65 bits per heavy atom. The minimum Gasteiger partial charge on any atom is -0.345 e. The highest BCUT2D eigenvalue weighted by molar-refractivity contribution is 7.89. The van der Waals surface area contributed by atoms with Crippen LogP contribution in [0, 0.1) is 0 Å². The monoisotopic (exact) mass is 470 g/mol. The van der Waals surface area contributed by atoms with Crippen molar-refractivity contribution in [3.63, 3.8) is 0 Å². The molecule has 1 amide bonds. The number of aromatic nitrogens is 1. The average molecular weight is 471 g/mol. The molecule has 1 aliphatic heterocycles. The first-order valence-corrected chi connectivity index (χ1v) is 12.6. The Morgan fingerprint density at radius 1 is 1.03 bits per heavy atom. The lowest BCUT2D eigenvalue weighted by molar-refractivity contribution is -0.0258. The van der Waals surface area contributed by atoms with Crippen LogP contribution in [0.3, 0.4) is 0 Å². The number of hydrogen-bond donors (Lipinski definition) is 1. The molecule has 1 N–H and O–H groups in total. The topological polar surface area (TPSA) is 118 Å². The molecule has 1 aliphatic rings. The maximum atomic E-state index is 12.9. The highest BCUT2D eigenvalue weighted by Gasteiger charge is 2.28. The van der Waals surface area contributed by atoms with Gasteiger partial charge in [-0.25, -0.2) is 16.8 Å². The van der Waals surface area contributed by atoms with Gasteiger partial charge in [0.05, 0.1) is 12.0 Å². The van der Waals surface area contributed by atoms with Gasteiger partial charge in [-0.1, -0.05) is 10.9 Å². The average Bonchev–Trinajstić information content (AvgIpc) is 3.16. The molecule has 0 unspecified atom stereocenters. The molecule has 2 aromatic rings. The van der Waals surface area contributed by atoms with Crippen molar-refractivity contribution in [3.8, 4) is 0 Å². The van der Waals surface area contributed by atoms with Crippen LogP contribution in [0.2, 0.25) is 0 Å². The molecule has 10 nitrogen and oxygen atoms in total. The van der Waals surface area contributed by atoms with Gasteiger partial charge >= 0.3 is 0 Å². The SMILES string of the molecule is CON(C)S(=O)(=O)c1ccc(NC(=O)c2cc(S(=O)(=O)N3CCCCC3)cn2C)cc1. The Balaban J connectivity index is 1.77. The third kappa shape index (κ3) is 4.83. The number of anilines is 1. The fraction of sp³-hybridized carbons (Fsp3) is 0.421. The Labute approximate surface area is 182 Å². The van der Waals surface area contributed by atoms with E-state index in [0.29, 0.717) is 18.8 Å². The molecule has 0 aliphatic carbocycles. The number of nitrogens with one attached hydrogen (secondary N) is 1. The largest absolute Gasteiger partial charge is 0.345 e. The van der Waals surface area contributed by atoms with Gasteiger partial charge < -0.3 is 9.88 Å². The number of hydroxylamine groups is 1. The van der Waals surface area contributed by atoms with Gasteiger partial charge in [0.2, 0.25) is 10.0 Å². The number of hydrogen-bond acceptors (Lipinski definition) is 6. The molecule has 0 saturated carbocycles. The number of benzene rings is 1. The molecule has 2 heterocycles. The number of nitrogens with zero attached hydrogens (tertiary/aromatic N) is 3. The Kier molecular flexibility index (Phi) is 6.86. The fourth-order valence-electron chi connectivity index (χ4n) is 3.31. The number of carbonyl (C=O) groups is 1. The van der Waals surface area contributed by atoms with Crippen LogP contribution < -0.4 is 5.32 Å². The summed E-state index contributed by atoms with van der Waals surface area (Å²) < 4.78 is 53.8. The fourth-order valence-corrected chi connectivity index (χ4v) is 5.87. The Bertz CT molecular complexity index is 1150. The Hall–Kier alpha value is -2.25. The van der Waals surface area contributed by atoms with Gasteiger partial charge in [0.1, 0.15) is 10.6 Å². The number of aryl methyl sites for hydroxylation is 1. The summed E-state index contributed by atoms with van der Waals surface area (Å²) in [4.78, 5) is 17.5. The summed E-state index contributed by atoms with van der Waals surface area (Å²) in [7, 11) is -3.33. The van der Waals surface area contributed by atoms with Crippen molar-refractivity contribution in [1.29, 1.82) is 0 Å². The van der Waals surface area contributed by atoms with E-state index in [1.165, 1.54) is 59.6 Å². The van der Waals surface area contributed by atoms with E-state index in [2.05, 4.69) is 5.32 Å².